The molecule has 84 valence electrons. The quantitative estimate of drug-likeness (QED) is 0.675. The predicted octanol–water partition coefficient (Wildman–Crippen LogP) is 1.31. The zero-order valence-electron chi connectivity index (χ0n) is 9.28. The summed E-state index contributed by atoms with van der Waals surface area (Å²) >= 11 is 0. The zero-order valence-corrected chi connectivity index (χ0v) is 9.28. The van der Waals surface area contributed by atoms with Gasteiger partial charge in [-0.2, -0.15) is 9.97 Å². The van der Waals surface area contributed by atoms with Crippen molar-refractivity contribution in [3.63, 3.8) is 0 Å². The average molecular weight is 218 g/mol. The van der Waals surface area contributed by atoms with Gasteiger partial charge in [-0.3, -0.25) is 0 Å². The number of fused-ring (bicyclic) bond motifs is 1. The maximum absolute atomic E-state index is 5.76. The molecule has 0 fully saturated rings. The summed E-state index contributed by atoms with van der Waals surface area (Å²) < 4.78 is 0. The van der Waals surface area contributed by atoms with Crippen molar-refractivity contribution in [2.24, 2.45) is 0 Å². The summed E-state index contributed by atoms with van der Waals surface area (Å²) in [5.74, 6) is 0.813. The number of anilines is 2. The van der Waals surface area contributed by atoms with Gasteiger partial charge in [0.2, 0.25) is 5.95 Å². The summed E-state index contributed by atoms with van der Waals surface area (Å²) in [4.78, 5) is 15.3. The molecule has 16 heavy (non-hydrogen) atoms. The highest BCUT2D eigenvalue weighted by Crippen LogP contribution is 2.18. The van der Waals surface area contributed by atoms with E-state index in [1.807, 2.05) is 13.8 Å². The minimum atomic E-state index is -0.292. The van der Waals surface area contributed by atoms with Crippen molar-refractivity contribution in [3.05, 3.63) is 19.0 Å². The molecule has 0 aliphatic rings. The molecule has 0 atom stereocenters. The molecule has 6 heteroatoms. The average Bonchev–Trinajstić information content (AvgIpc) is 2.65. The van der Waals surface area contributed by atoms with Gasteiger partial charge in [0.25, 0.3) is 0 Å². The molecular weight excluding hydrogens is 204 g/mol. The van der Waals surface area contributed by atoms with Crippen LogP contribution in [0.1, 0.15) is 13.8 Å². The minimum absolute atomic E-state index is 0.292. The van der Waals surface area contributed by atoms with E-state index in [1.165, 1.54) is 6.33 Å². The molecule has 2 heterocycles. The first-order chi connectivity index (χ1) is 7.52. The smallest absolute Gasteiger partial charge is 0.227 e. The maximum Gasteiger partial charge on any atom is 0.227 e. The number of aromatic amines is 1. The topological polar surface area (TPSA) is 92.5 Å². The van der Waals surface area contributed by atoms with Crippen LogP contribution in [0.5, 0.6) is 0 Å². The van der Waals surface area contributed by atoms with Crippen molar-refractivity contribution in [2.45, 2.75) is 19.4 Å². The van der Waals surface area contributed by atoms with Crippen LogP contribution in [0.3, 0.4) is 0 Å². The lowest BCUT2D eigenvalue weighted by molar-refractivity contribution is 0.704. The highest BCUT2D eigenvalue weighted by molar-refractivity contribution is 5.82. The van der Waals surface area contributed by atoms with Gasteiger partial charge in [-0.05, 0) is 13.8 Å². The molecule has 0 spiro atoms. The molecule has 2 aromatic rings. The van der Waals surface area contributed by atoms with Crippen LogP contribution >= 0.6 is 0 Å². The molecule has 0 bridgehead atoms. The molecule has 0 aromatic carbocycles. The summed E-state index contributed by atoms with van der Waals surface area (Å²) in [6.45, 7) is 7.67. The van der Waals surface area contributed by atoms with Gasteiger partial charge in [0.1, 0.15) is 5.52 Å². The number of nitrogens with zero attached hydrogens (tertiary/aromatic N) is 3. The fourth-order valence-electron chi connectivity index (χ4n) is 1.25. The van der Waals surface area contributed by atoms with Crippen LogP contribution in [0.2, 0.25) is 0 Å². The van der Waals surface area contributed by atoms with Crippen LogP contribution in [0.4, 0.5) is 11.8 Å². The fraction of sp³-hybridized carbons (Fsp3) is 0.300. The number of H-pyrrole nitrogens is 1. The number of hydrogen-bond acceptors (Lipinski definition) is 5. The Balaban J connectivity index is 2.42. The second kappa shape index (κ2) is 3.48. The van der Waals surface area contributed by atoms with Crippen LogP contribution in [0.15, 0.2) is 19.0 Å². The fourth-order valence-corrected chi connectivity index (χ4v) is 1.25. The summed E-state index contributed by atoms with van der Waals surface area (Å²) in [6.07, 6.45) is 3.32. The van der Waals surface area contributed by atoms with Crippen LogP contribution in [-0.2, 0) is 0 Å². The number of hydrogen-bond donors (Lipinski definition) is 3. The minimum Gasteiger partial charge on any atom is -0.382 e. The van der Waals surface area contributed by atoms with Crippen molar-refractivity contribution in [1.29, 1.82) is 0 Å². The molecule has 0 unspecified atom stereocenters. The molecule has 0 amide bonds. The normalized spacial score (nSPS) is 11.6. The van der Waals surface area contributed by atoms with Crippen molar-refractivity contribution in [2.75, 3.05) is 11.1 Å². The third-order valence-corrected chi connectivity index (χ3v) is 2.25. The predicted molar refractivity (Wildman–Crippen MR) is 64.0 cm³/mol. The monoisotopic (exact) mass is 218 g/mol. The Hall–Kier alpha value is -2.11. The van der Waals surface area contributed by atoms with Gasteiger partial charge in [-0.25, -0.2) is 4.98 Å². The lowest BCUT2D eigenvalue weighted by Gasteiger charge is -2.21. The first kappa shape index (κ1) is 10.4. The number of aromatic nitrogens is 4. The number of imidazole rings is 1. The van der Waals surface area contributed by atoms with E-state index in [4.69, 9.17) is 5.73 Å². The van der Waals surface area contributed by atoms with E-state index in [1.54, 1.807) is 6.08 Å². The standard InChI is InChI=1S/C10H14N6/c1-4-10(2,3)16-9-14-7(11)6-8(15-9)13-5-12-6/h4-5H,1H2,2-3H3,(H4,11,12,13,14,15,16). The Morgan fingerprint density at radius 3 is 2.94 bits per heavy atom. The first-order valence-electron chi connectivity index (χ1n) is 4.90. The van der Waals surface area contributed by atoms with E-state index in [9.17, 15) is 0 Å². The summed E-state index contributed by atoms with van der Waals surface area (Å²) in [5, 5.41) is 3.12. The van der Waals surface area contributed by atoms with E-state index in [2.05, 4.69) is 31.8 Å². The van der Waals surface area contributed by atoms with E-state index >= 15 is 0 Å². The van der Waals surface area contributed by atoms with E-state index in [0.717, 1.165) is 0 Å². The molecule has 0 saturated carbocycles. The van der Waals surface area contributed by atoms with E-state index in [-0.39, 0.29) is 5.54 Å². The molecule has 6 nitrogen and oxygen atoms in total. The Kier molecular flexibility index (Phi) is 2.26. The lowest BCUT2D eigenvalue weighted by atomic mass is 10.1. The van der Waals surface area contributed by atoms with Gasteiger partial charge in [-0.15, -0.1) is 6.58 Å². The van der Waals surface area contributed by atoms with Gasteiger partial charge in [-0.1, -0.05) is 6.08 Å². The molecule has 0 aliphatic heterocycles. The van der Waals surface area contributed by atoms with Crippen molar-refractivity contribution in [1.82, 2.24) is 19.9 Å². The molecule has 4 N–H and O–H groups in total. The lowest BCUT2D eigenvalue weighted by Crippen LogP contribution is -2.28. The van der Waals surface area contributed by atoms with Crippen LogP contribution in [0.25, 0.3) is 11.2 Å². The SMILES string of the molecule is C=CC(C)(C)Nc1nc(N)c2nc[nH]c2n1. The largest absolute Gasteiger partial charge is 0.382 e. The van der Waals surface area contributed by atoms with E-state index < -0.39 is 0 Å². The second-order valence-corrected chi connectivity index (χ2v) is 4.08. The summed E-state index contributed by atoms with van der Waals surface area (Å²) in [5.41, 5.74) is 6.68. The van der Waals surface area contributed by atoms with Gasteiger partial charge in [0.15, 0.2) is 11.5 Å². The third-order valence-electron chi connectivity index (χ3n) is 2.25. The molecule has 0 radical (unpaired) electrons. The summed E-state index contributed by atoms with van der Waals surface area (Å²) in [7, 11) is 0. The Labute approximate surface area is 93.0 Å². The highest BCUT2D eigenvalue weighted by atomic mass is 15.2. The van der Waals surface area contributed by atoms with Crippen LogP contribution < -0.4 is 11.1 Å². The van der Waals surface area contributed by atoms with Gasteiger partial charge in [0.05, 0.1) is 11.9 Å². The number of rotatable bonds is 3. The zero-order chi connectivity index (χ0) is 11.8. The highest BCUT2D eigenvalue weighted by Gasteiger charge is 2.15. The Morgan fingerprint density at radius 2 is 2.25 bits per heavy atom. The van der Waals surface area contributed by atoms with Crippen molar-refractivity contribution < 1.29 is 0 Å². The first-order valence-corrected chi connectivity index (χ1v) is 4.90. The van der Waals surface area contributed by atoms with Gasteiger partial charge in [0, 0.05) is 0 Å². The second-order valence-electron chi connectivity index (χ2n) is 4.08. The Bertz CT molecular complexity index is 527. The maximum atomic E-state index is 5.76. The molecule has 0 saturated heterocycles. The third kappa shape index (κ3) is 1.81. The molecule has 0 aliphatic carbocycles. The van der Waals surface area contributed by atoms with Crippen molar-refractivity contribution in [3.8, 4) is 0 Å². The van der Waals surface area contributed by atoms with Crippen molar-refractivity contribution >= 4 is 22.9 Å². The number of nitrogens with one attached hydrogen (secondary N) is 2. The van der Waals surface area contributed by atoms with Crippen LogP contribution in [-0.4, -0.2) is 25.5 Å². The van der Waals surface area contributed by atoms with Gasteiger partial charge < -0.3 is 16.0 Å². The van der Waals surface area contributed by atoms with Crippen LogP contribution in [0, 0.1) is 0 Å². The number of nitrogens with two attached hydrogens (primary N) is 1. The number of nitrogen functional groups attached to an aromatic ring is 1. The molecule has 2 aromatic heterocycles. The van der Waals surface area contributed by atoms with E-state index in [0.29, 0.717) is 22.9 Å². The molecule has 2 rings (SSSR count). The van der Waals surface area contributed by atoms with Gasteiger partial charge >= 0.3 is 0 Å². The Morgan fingerprint density at radius 1 is 1.50 bits per heavy atom. The summed E-state index contributed by atoms with van der Waals surface area (Å²) in [6, 6.07) is 0. The molecular formula is C10H14N6.